The molecule has 0 aliphatic heterocycles. The van der Waals surface area contributed by atoms with Gasteiger partial charge in [0.2, 0.25) is 10.7 Å². The molecule has 0 aliphatic rings. The van der Waals surface area contributed by atoms with Crippen molar-refractivity contribution in [2.75, 3.05) is 5.73 Å². The normalized spacial score (nSPS) is 10.5. The molecule has 0 saturated carbocycles. The molecule has 6 nitrogen and oxygen atoms in total. The van der Waals surface area contributed by atoms with E-state index in [1.807, 2.05) is 24.3 Å². The van der Waals surface area contributed by atoms with Crippen LogP contribution in [0.25, 0.3) is 16.7 Å². The monoisotopic (exact) mass is 314 g/mol. The average molecular weight is 315 g/mol. The molecule has 0 radical (unpaired) electrons. The summed E-state index contributed by atoms with van der Waals surface area (Å²) in [6, 6.07) is 11.2. The lowest BCUT2D eigenvalue weighted by Gasteiger charge is -2.05. The molecule has 3 rings (SSSR count). The van der Waals surface area contributed by atoms with E-state index >= 15 is 0 Å². The molecule has 0 unspecified atom stereocenters. The fourth-order valence-corrected chi connectivity index (χ4v) is 2.26. The van der Waals surface area contributed by atoms with Gasteiger partial charge in [-0.05, 0) is 22.0 Å². The molecule has 2 heterocycles. The summed E-state index contributed by atoms with van der Waals surface area (Å²) in [5.41, 5.74) is 6.78. The van der Waals surface area contributed by atoms with Crippen molar-refractivity contribution in [2.24, 2.45) is 0 Å². The summed E-state index contributed by atoms with van der Waals surface area (Å²) in [5.74, 6) is 0.631. The van der Waals surface area contributed by atoms with Crippen LogP contribution >= 0.6 is 15.9 Å². The second-order valence-electron chi connectivity index (χ2n) is 3.81. The first-order chi connectivity index (χ1) is 9.19. The van der Waals surface area contributed by atoms with E-state index in [0.29, 0.717) is 16.1 Å². The molecule has 0 bridgehead atoms. The van der Waals surface area contributed by atoms with Crippen molar-refractivity contribution < 1.29 is 0 Å². The highest BCUT2D eigenvalue weighted by atomic mass is 79.9. The Bertz CT molecular complexity index is 817. The number of rotatable bonds is 1. The summed E-state index contributed by atoms with van der Waals surface area (Å²) in [4.78, 5) is 8.40. The van der Waals surface area contributed by atoms with Crippen LogP contribution in [0.15, 0.2) is 35.1 Å². The molecule has 1 aromatic carbocycles. The summed E-state index contributed by atoms with van der Waals surface area (Å²) in [7, 11) is 0. The van der Waals surface area contributed by atoms with Gasteiger partial charge in [-0.15, -0.1) is 5.10 Å². The van der Waals surface area contributed by atoms with Gasteiger partial charge in [-0.1, -0.05) is 18.2 Å². The third-order valence-electron chi connectivity index (χ3n) is 2.62. The van der Waals surface area contributed by atoms with Crippen molar-refractivity contribution in [2.45, 2.75) is 0 Å². The maximum absolute atomic E-state index is 9.22. The van der Waals surface area contributed by atoms with Gasteiger partial charge in [-0.25, -0.2) is 4.98 Å². The number of anilines is 1. The predicted octanol–water partition coefficient (Wildman–Crippen LogP) is 2.03. The average Bonchev–Trinajstić information content (AvgIpc) is 2.76. The van der Waals surface area contributed by atoms with Gasteiger partial charge in [0.25, 0.3) is 0 Å². The molecule has 2 N–H and O–H groups in total. The highest BCUT2D eigenvalue weighted by molar-refractivity contribution is 9.10. The Kier molecular flexibility index (Phi) is 2.65. The first-order valence-corrected chi connectivity index (χ1v) is 6.16. The van der Waals surface area contributed by atoms with Crippen LogP contribution in [0.2, 0.25) is 0 Å². The fourth-order valence-electron chi connectivity index (χ4n) is 1.82. The van der Waals surface area contributed by atoms with E-state index in [0.717, 1.165) is 10.9 Å². The van der Waals surface area contributed by atoms with Crippen LogP contribution in [-0.2, 0) is 0 Å². The predicted molar refractivity (Wildman–Crippen MR) is 73.5 cm³/mol. The van der Waals surface area contributed by atoms with Gasteiger partial charge in [0, 0.05) is 11.5 Å². The number of nitriles is 1. The van der Waals surface area contributed by atoms with Crippen molar-refractivity contribution in [1.82, 2.24) is 19.7 Å². The summed E-state index contributed by atoms with van der Waals surface area (Å²) in [5, 5.41) is 14.1. The van der Waals surface area contributed by atoms with E-state index < -0.39 is 0 Å². The Morgan fingerprint density at radius 2 is 2.05 bits per heavy atom. The SMILES string of the molecule is N#Cc1cc(-n2nc(N)nc2Br)nc2ccccc12. The quantitative estimate of drug-likeness (QED) is 0.741. The van der Waals surface area contributed by atoms with E-state index in [4.69, 9.17) is 5.73 Å². The van der Waals surface area contributed by atoms with Crippen LogP contribution in [-0.4, -0.2) is 19.7 Å². The Morgan fingerprint density at radius 1 is 1.26 bits per heavy atom. The highest BCUT2D eigenvalue weighted by Gasteiger charge is 2.11. The zero-order valence-corrected chi connectivity index (χ0v) is 11.2. The van der Waals surface area contributed by atoms with Gasteiger partial charge in [0.05, 0.1) is 17.1 Å². The smallest absolute Gasteiger partial charge is 0.240 e. The number of hydrogen-bond acceptors (Lipinski definition) is 5. The van der Waals surface area contributed by atoms with Crippen LogP contribution < -0.4 is 5.73 Å². The molecule has 0 spiro atoms. The second-order valence-corrected chi connectivity index (χ2v) is 4.52. The maximum Gasteiger partial charge on any atom is 0.240 e. The first-order valence-electron chi connectivity index (χ1n) is 5.37. The zero-order chi connectivity index (χ0) is 13.4. The molecule has 2 aromatic heterocycles. The maximum atomic E-state index is 9.22. The number of hydrogen-bond donors (Lipinski definition) is 1. The molecule has 0 fully saturated rings. The standard InChI is InChI=1S/C12H7BrN6/c13-11-17-12(15)18-19(11)10-5-7(6-14)8-3-1-2-4-9(8)16-10/h1-5H,(H2,15,18). The number of fused-ring (bicyclic) bond motifs is 1. The minimum absolute atomic E-state index is 0.139. The second kappa shape index (κ2) is 4.33. The molecule has 0 saturated heterocycles. The van der Waals surface area contributed by atoms with Gasteiger partial charge >= 0.3 is 0 Å². The van der Waals surface area contributed by atoms with Crippen molar-refractivity contribution >= 4 is 32.8 Å². The van der Waals surface area contributed by atoms with E-state index in [1.165, 1.54) is 4.68 Å². The molecular weight excluding hydrogens is 308 g/mol. The molecule has 0 aliphatic carbocycles. The van der Waals surface area contributed by atoms with Crippen molar-refractivity contribution in [3.05, 3.63) is 40.6 Å². The Hall–Kier alpha value is -2.46. The molecule has 7 heteroatoms. The number of halogens is 1. The third-order valence-corrected chi connectivity index (χ3v) is 3.14. The molecular formula is C12H7BrN6. The largest absolute Gasteiger partial charge is 0.366 e. The van der Waals surface area contributed by atoms with Gasteiger partial charge < -0.3 is 5.73 Å². The number of para-hydroxylation sites is 1. The Balaban J connectivity index is 2.32. The molecule has 19 heavy (non-hydrogen) atoms. The van der Waals surface area contributed by atoms with Crippen LogP contribution in [0, 0.1) is 11.3 Å². The van der Waals surface area contributed by atoms with Crippen molar-refractivity contribution in [3.63, 3.8) is 0 Å². The van der Waals surface area contributed by atoms with Gasteiger partial charge in [0.1, 0.15) is 0 Å². The van der Waals surface area contributed by atoms with Crippen LogP contribution in [0.5, 0.6) is 0 Å². The number of nitrogen functional groups attached to an aromatic ring is 1. The van der Waals surface area contributed by atoms with E-state index in [2.05, 4.69) is 37.1 Å². The van der Waals surface area contributed by atoms with Crippen LogP contribution in [0.3, 0.4) is 0 Å². The van der Waals surface area contributed by atoms with E-state index in [-0.39, 0.29) is 5.95 Å². The third kappa shape index (κ3) is 1.92. The molecule has 3 aromatic rings. The van der Waals surface area contributed by atoms with Crippen molar-refractivity contribution in [1.29, 1.82) is 5.26 Å². The lowest BCUT2D eigenvalue weighted by molar-refractivity contribution is 0.832. The molecule has 92 valence electrons. The lowest BCUT2D eigenvalue weighted by Crippen LogP contribution is -2.02. The molecule has 0 atom stereocenters. The minimum atomic E-state index is 0.139. The van der Waals surface area contributed by atoms with Gasteiger partial charge in [-0.3, -0.25) is 0 Å². The highest BCUT2D eigenvalue weighted by Crippen LogP contribution is 2.21. The summed E-state index contributed by atoms with van der Waals surface area (Å²) in [6.07, 6.45) is 0. The number of nitrogens with two attached hydrogens (primary N) is 1. The van der Waals surface area contributed by atoms with E-state index in [9.17, 15) is 5.26 Å². The number of pyridine rings is 1. The van der Waals surface area contributed by atoms with Gasteiger partial charge in [-0.2, -0.15) is 14.9 Å². The summed E-state index contributed by atoms with van der Waals surface area (Å²) >= 11 is 3.25. The van der Waals surface area contributed by atoms with Crippen molar-refractivity contribution in [3.8, 4) is 11.9 Å². The lowest BCUT2D eigenvalue weighted by atomic mass is 10.1. The number of benzene rings is 1. The topological polar surface area (TPSA) is 93.4 Å². The minimum Gasteiger partial charge on any atom is -0.366 e. The summed E-state index contributed by atoms with van der Waals surface area (Å²) < 4.78 is 1.89. The van der Waals surface area contributed by atoms with E-state index in [1.54, 1.807) is 6.07 Å². The fraction of sp³-hybridized carbons (Fsp3) is 0. The zero-order valence-electron chi connectivity index (χ0n) is 9.58. The van der Waals surface area contributed by atoms with Gasteiger partial charge in [0.15, 0.2) is 5.82 Å². The van der Waals surface area contributed by atoms with Crippen LogP contribution in [0.4, 0.5) is 5.95 Å². The first kappa shape index (κ1) is 11.6. The summed E-state index contributed by atoms with van der Waals surface area (Å²) in [6.45, 7) is 0. The Morgan fingerprint density at radius 3 is 2.74 bits per heavy atom. The molecule has 0 amide bonds. The van der Waals surface area contributed by atoms with Crippen LogP contribution in [0.1, 0.15) is 5.56 Å². The Labute approximate surface area is 116 Å². The number of aromatic nitrogens is 4. The number of nitrogens with zero attached hydrogens (tertiary/aromatic N) is 5.